The molecule has 3 aliphatic rings. The van der Waals surface area contributed by atoms with Crippen LogP contribution in [-0.4, -0.2) is 71.7 Å². The third-order valence-electron chi connectivity index (χ3n) is 6.06. The minimum Gasteiger partial charge on any atom is -0.433 e. The summed E-state index contributed by atoms with van der Waals surface area (Å²) in [7, 11) is 1.66. The van der Waals surface area contributed by atoms with Crippen LogP contribution in [0.1, 0.15) is 37.7 Å². The van der Waals surface area contributed by atoms with Crippen molar-refractivity contribution in [1.29, 1.82) is 0 Å². The number of nitrogens with zero attached hydrogens (tertiary/aromatic N) is 2. The van der Waals surface area contributed by atoms with E-state index in [4.69, 9.17) is 9.47 Å². The van der Waals surface area contributed by atoms with E-state index >= 15 is 0 Å². The molecule has 172 valence electrons. The van der Waals surface area contributed by atoms with Crippen molar-refractivity contribution in [3.63, 3.8) is 0 Å². The van der Waals surface area contributed by atoms with Crippen LogP contribution in [0.2, 0.25) is 0 Å². The van der Waals surface area contributed by atoms with Crippen LogP contribution in [0.3, 0.4) is 0 Å². The Hall–Kier alpha value is -2.98. The van der Waals surface area contributed by atoms with E-state index in [2.05, 4.69) is 10.6 Å². The molecule has 0 aromatic heterocycles. The zero-order chi connectivity index (χ0) is 22.7. The molecule has 3 fully saturated rings. The van der Waals surface area contributed by atoms with Crippen LogP contribution in [0, 0.1) is 0 Å². The quantitative estimate of drug-likeness (QED) is 0.597. The van der Waals surface area contributed by atoms with Crippen molar-refractivity contribution in [2.75, 3.05) is 13.6 Å². The van der Waals surface area contributed by atoms with Gasteiger partial charge < -0.3 is 20.1 Å². The van der Waals surface area contributed by atoms with Gasteiger partial charge in [0, 0.05) is 13.0 Å². The molecule has 0 aliphatic carbocycles. The highest BCUT2D eigenvalue weighted by molar-refractivity contribution is 5.93. The Labute approximate surface area is 186 Å². The number of rotatable bonds is 6. The van der Waals surface area contributed by atoms with Crippen LogP contribution in [0.5, 0.6) is 0 Å². The van der Waals surface area contributed by atoms with E-state index in [1.807, 2.05) is 30.3 Å². The first kappa shape index (κ1) is 22.2. The fourth-order valence-electron chi connectivity index (χ4n) is 4.38. The molecule has 4 rings (SSSR count). The second-order valence-corrected chi connectivity index (χ2v) is 8.21. The van der Waals surface area contributed by atoms with Gasteiger partial charge in [-0.2, -0.15) is 0 Å². The minimum atomic E-state index is -0.919. The normalized spacial score (nSPS) is 28.2. The summed E-state index contributed by atoms with van der Waals surface area (Å²) in [5.41, 5.74) is 0.912. The number of ether oxygens (including phenoxy) is 2. The van der Waals surface area contributed by atoms with E-state index in [1.54, 1.807) is 7.05 Å². The molecule has 10 nitrogen and oxygen atoms in total. The highest BCUT2D eigenvalue weighted by Crippen LogP contribution is 2.26. The largest absolute Gasteiger partial charge is 0.433 e. The van der Waals surface area contributed by atoms with Crippen LogP contribution >= 0.6 is 0 Å². The highest BCUT2D eigenvalue weighted by Gasteiger charge is 2.45. The summed E-state index contributed by atoms with van der Waals surface area (Å²) in [5, 5.41) is 8.46. The van der Waals surface area contributed by atoms with Gasteiger partial charge in [-0.05, 0) is 31.9 Å². The Bertz CT molecular complexity index is 878. The third-order valence-corrected chi connectivity index (χ3v) is 6.06. The van der Waals surface area contributed by atoms with Crippen LogP contribution in [0.25, 0.3) is 0 Å². The molecule has 0 bridgehead atoms. The first-order chi connectivity index (χ1) is 15.5. The number of hydrogen-bond acceptors (Lipinski definition) is 7. The van der Waals surface area contributed by atoms with Gasteiger partial charge >= 0.3 is 5.97 Å². The summed E-state index contributed by atoms with van der Waals surface area (Å²) in [6.45, 7) is 0.629. The van der Waals surface area contributed by atoms with Gasteiger partial charge in [-0.25, -0.2) is 5.01 Å². The van der Waals surface area contributed by atoms with E-state index in [0.29, 0.717) is 25.8 Å². The van der Waals surface area contributed by atoms with Crippen molar-refractivity contribution >= 4 is 23.7 Å². The first-order valence-corrected chi connectivity index (χ1v) is 10.9. The number of esters is 1. The lowest BCUT2D eigenvalue weighted by atomic mass is 10.0. The topological polar surface area (TPSA) is 117 Å². The Morgan fingerprint density at radius 2 is 1.97 bits per heavy atom. The van der Waals surface area contributed by atoms with Crippen molar-refractivity contribution in [1.82, 2.24) is 20.7 Å². The van der Waals surface area contributed by atoms with Crippen LogP contribution in [-0.2, 0) is 35.3 Å². The third kappa shape index (κ3) is 4.61. The van der Waals surface area contributed by atoms with Gasteiger partial charge in [-0.3, -0.25) is 24.2 Å². The molecular formula is C22H28N4O6. The van der Waals surface area contributed by atoms with Gasteiger partial charge in [0.25, 0.3) is 5.91 Å². The summed E-state index contributed by atoms with van der Waals surface area (Å²) in [6.07, 6.45) is 0.713. The summed E-state index contributed by atoms with van der Waals surface area (Å²) in [5.74, 6) is -1.36. The second kappa shape index (κ2) is 9.66. The molecule has 1 aromatic rings. The molecular weight excluding hydrogens is 416 g/mol. The maximum atomic E-state index is 13.2. The maximum absolute atomic E-state index is 13.2. The molecule has 0 radical (unpaired) electrons. The van der Waals surface area contributed by atoms with Crippen molar-refractivity contribution in [2.24, 2.45) is 0 Å². The lowest BCUT2D eigenvalue weighted by Crippen LogP contribution is -2.64. The van der Waals surface area contributed by atoms with E-state index in [-0.39, 0.29) is 31.3 Å². The molecule has 1 aromatic carbocycles. The SMILES string of the molecule is CN[C@H]1CCC(=O)N2CCC[C@@H](C(=O)N[C@H]3CC(=O)OC3OCc3ccccc3)N2C1=O. The van der Waals surface area contributed by atoms with Gasteiger partial charge in [0.2, 0.25) is 18.1 Å². The number of fused-ring (bicyclic) bond motifs is 1. The van der Waals surface area contributed by atoms with Gasteiger partial charge in [-0.1, -0.05) is 30.3 Å². The van der Waals surface area contributed by atoms with Gasteiger partial charge in [0.1, 0.15) is 12.1 Å². The van der Waals surface area contributed by atoms with Gasteiger partial charge in [-0.15, -0.1) is 0 Å². The minimum absolute atomic E-state index is 0.0202. The van der Waals surface area contributed by atoms with Crippen molar-refractivity contribution < 1.29 is 28.7 Å². The first-order valence-electron chi connectivity index (χ1n) is 10.9. The summed E-state index contributed by atoms with van der Waals surface area (Å²) in [4.78, 5) is 50.8. The molecule has 1 unspecified atom stereocenters. The molecule has 3 amide bonds. The fourth-order valence-corrected chi connectivity index (χ4v) is 4.38. The zero-order valence-electron chi connectivity index (χ0n) is 18.0. The van der Waals surface area contributed by atoms with Gasteiger partial charge in [0.05, 0.1) is 19.1 Å². The van der Waals surface area contributed by atoms with Crippen LogP contribution < -0.4 is 10.6 Å². The summed E-state index contributed by atoms with van der Waals surface area (Å²) in [6, 6.07) is 7.39. The van der Waals surface area contributed by atoms with Gasteiger partial charge in [0.15, 0.2) is 0 Å². The lowest BCUT2D eigenvalue weighted by molar-refractivity contribution is -0.177. The Kier molecular flexibility index (Phi) is 6.71. The molecule has 32 heavy (non-hydrogen) atoms. The maximum Gasteiger partial charge on any atom is 0.310 e. The highest BCUT2D eigenvalue weighted by atomic mass is 16.7. The number of carbonyl (C=O) groups excluding carboxylic acids is 4. The van der Waals surface area contributed by atoms with E-state index in [9.17, 15) is 19.2 Å². The molecule has 4 atom stereocenters. The van der Waals surface area contributed by atoms with Crippen molar-refractivity contribution in [3.05, 3.63) is 35.9 Å². The predicted molar refractivity (Wildman–Crippen MR) is 111 cm³/mol. The van der Waals surface area contributed by atoms with E-state index in [1.165, 1.54) is 10.0 Å². The molecule has 0 saturated carbocycles. The van der Waals surface area contributed by atoms with Crippen molar-refractivity contribution in [2.45, 2.75) is 63.1 Å². The molecule has 3 aliphatic heterocycles. The number of amides is 3. The Morgan fingerprint density at radius 1 is 1.19 bits per heavy atom. The molecule has 3 saturated heterocycles. The standard InChI is InChI=1S/C22H28N4O6/c1-23-15-9-10-18(27)25-11-5-8-17(26(25)21(15)30)20(29)24-16-12-19(28)32-22(16)31-13-14-6-3-2-4-7-14/h2-4,6-7,15-17,22-23H,5,8-13H2,1H3,(H,24,29)/t15-,16-,17-,22?/m0/s1. The number of likely N-dealkylation sites (N-methyl/N-ethyl adjacent to an activating group) is 1. The summed E-state index contributed by atoms with van der Waals surface area (Å²) < 4.78 is 11.0. The number of benzene rings is 1. The number of cyclic esters (lactones) is 1. The van der Waals surface area contributed by atoms with Crippen LogP contribution in [0.4, 0.5) is 0 Å². The van der Waals surface area contributed by atoms with E-state index < -0.39 is 36.3 Å². The Morgan fingerprint density at radius 3 is 2.72 bits per heavy atom. The number of nitrogens with one attached hydrogen (secondary N) is 2. The average Bonchev–Trinajstić information content (AvgIpc) is 3.10. The van der Waals surface area contributed by atoms with Crippen LogP contribution in [0.15, 0.2) is 30.3 Å². The fraction of sp³-hybridized carbons (Fsp3) is 0.545. The molecule has 0 spiro atoms. The number of hydrogen-bond donors (Lipinski definition) is 2. The monoisotopic (exact) mass is 444 g/mol. The lowest BCUT2D eigenvalue weighted by Gasteiger charge is -2.43. The second-order valence-electron chi connectivity index (χ2n) is 8.21. The molecule has 2 N–H and O–H groups in total. The van der Waals surface area contributed by atoms with Crippen molar-refractivity contribution in [3.8, 4) is 0 Å². The molecule has 10 heteroatoms. The number of hydrazine groups is 1. The zero-order valence-corrected chi connectivity index (χ0v) is 18.0. The Balaban J connectivity index is 1.45. The smallest absolute Gasteiger partial charge is 0.310 e. The summed E-state index contributed by atoms with van der Waals surface area (Å²) >= 11 is 0. The molecule has 3 heterocycles. The predicted octanol–water partition coefficient (Wildman–Crippen LogP) is 0.0774. The van der Waals surface area contributed by atoms with E-state index in [0.717, 1.165) is 5.56 Å². The number of carbonyl (C=O) groups is 4. The average molecular weight is 444 g/mol.